The molecule has 0 aliphatic rings. The molecule has 2 N–H and O–H groups in total. The highest BCUT2D eigenvalue weighted by molar-refractivity contribution is 7.84. The minimum Gasteiger partial charge on any atom is -0.326 e. The number of benzene rings is 2. The minimum atomic E-state index is -1.08. The average molecular weight is 294 g/mol. The Bertz CT molecular complexity index is 613. The van der Waals surface area contributed by atoms with Gasteiger partial charge in [-0.25, -0.2) is 0 Å². The molecule has 2 nitrogen and oxygen atoms in total. The first-order valence-electron chi connectivity index (χ1n) is 6.02. The van der Waals surface area contributed by atoms with Crippen LogP contribution in [0, 0.1) is 6.92 Å². The quantitative estimate of drug-likeness (QED) is 0.939. The van der Waals surface area contributed by atoms with Crippen LogP contribution in [0.4, 0.5) is 0 Å². The van der Waals surface area contributed by atoms with Crippen molar-refractivity contribution < 1.29 is 4.21 Å². The van der Waals surface area contributed by atoms with Crippen LogP contribution in [-0.2, 0) is 23.1 Å². The van der Waals surface area contributed by atoms with E-state index in [4.69, 9.17) is 17.3 Å². The van der Waals surface area contributed by atoms with Crippen molar-refractivity contribution in [2.24, 2.45) is 5.73 Å². The maximum Gasteiger partial charge on any atom is 0.0574 e. The van der Waals surface area contributed by atoms with E-state index in [2.05, 4.69) is 0 Å². The molecule has 0 saturated heterocycles. The van der Waals surface area contributed by atoms with Crippen molar-refractivity contribution in [2.45, 2.75) is 24.1 Å². The molecule has 19 heavy (non-hydrogen) atoms. The lowest BCUT2D eigenvalue weighted by atomic mass is 10.1. The molecular weight excluding hydrogens is 278 g/mol. The van der Waals surface area contributed by atoms with E-state index in [-0.39, 0.29) is 0 Å². The van der Waals surface area contributed by atoms with Crippen molar-refractivity contribution >= 4 is 22.4 Å². The van der Waals surface area contributed by atoms with Crippen LogP contribution in [0.5, 0.6) is 0 Å². The molecule has 0 radical (unpaired) electrons. The molecule has 1 atom stereocenters. The van der Waals surface area contributed by atoms with Crippen molar-refractivity contribution in [3.05, 3.63) is 64.2 Å². The topological polar surface area (TPSA) is 43.1 Å². The summed E-state index contributed by atoms with van der Waals surface area (Å²) in [7, 11) is -1.08. The van der Waals surface area contributed by atoms with Gasteiger partial charge in [0, 0.05) is 16.5 Å². The normalized spacial score (nSPS) is 12.4. The predicted molar refractivity (Wildman–Crippen MR) is 80.6 cm³/mol. The Hall–Kier alpha value is -1.16. The van der Waals surface area contributed by atoms with Gasteiger partial charge >= 0.3 is 0 Å². The smallest absolute Gasteiger partial charge is 0.0574 e. The SMILES string of the molecule is Cc1cc(CN)ccc1CS(=O)c1cccc(Cl)c1. The highest BCUT2D eigenvalue weighted by Gasteiger charge is 2.08. The Morgan fingerprint density at radius 1 is 1.21 bits per heavy atom. The van der Waals surface area contributed by atoms with Gasteiger partial charge in [0.05, 0.1) is 16.6 Å². The summed E-state index contributed by atoms with van der Waals surface area (Å²) in [4.78, 5) is 0.759. The Morgan fingerprint density at radius 3 is 2.63 bits per heavy atom. The highest BCUT2D eigenvalue weighted by atomic mass is 35.5. The lowest BCUT2D eigenvalue weighted by Gasteiger charge is -2.08. The maximum atomic E-state index is 12.3. The van der Waals surface area contributed by atoms with E-state index >= 15 is 0 Å². The first kappa shape index (κ1) is 14.3. The highest BCUT2D eigenvalue weighted by Crippen LogP contribution is 2.19. The summed E-state index contributed by atoms with van der Waals surface area (Å²) in [6.07, 6.45) is 0. The van der Waals surface area contributed by atoms with E-state index in [9.17, 15) is 4.21 Å². The van der Waals surface area contributed by atoms with Gasteiger partial charge in [-0.3, -0.25) is 4.21 Å². The van der Waals surface area contributed by atoms with Gasteiger partial charge in [0.1, 0.15) is 0 Å². The molecule has 0 bridgehead atoms. The standard InChI is InChI=1S/C15H16ClNOS/c1-11-7-12(9-17)5-6-13(11)10-19(18)15-4-2-3-14(16)8-15/h2-8H,9-10,17H2,1H3. The molecule has 4 heteroatoms. The molecule has 2 rings (SSSR count). The number of aryl methyl sites for hydroxylation is 1. The zero-order valence-corrected chi connectivity index (χ0v) is 12.3. The molecule has 100 valence electrons. The van der Waals surface area contributed by atoms with Crippen LogP contribution in [-0.4, -0.2) is 4.21 Å². The van der Waals surface area contributed by atoms with Crippen molar-refractivity contribution in [3.8, 4) is 0 Å². The minimum absolute atomic E-state index is 0.497. The second-order valence-electron chi connectivity index (χ2n) is 4.41. The molecule has 0 amide bonds. The molecule has 0 spiro atoms. The number of rotatable bonds is 4. The van der Waals surface area contributed by atoms with Crippen molar-refractivity contribution in [1.29, 1.82) is 0 Å². The Kier molecular flexibility index (Phi) is 4.75. The lowest BCUT2D eigenvalue weighted by Crippen LogP contribution is -2.01. The first-order chi connectivity index (χ1) is 9.10. The summed E-state index contributed by atoms with van der Waals surface area (Å²) >= 11 is 5.91. The predicted octanol–water partition coefficient (Wildman–Crippen LogP) is 3.41. The Balaban J connectivity index is 2.19. The average Bonchev–Trinajstić information content (AvgIpc) is 2.41. The van der Waals surface area contributed by atoms with E-state index in [1.807, 2.05) is 37.3 Å². The summed E-state index contributed by atoms with van der Waals surface area (Å²) in [5.41, 5.74) is 8.90. The summed E-state index contributed by atoms with van der Waals surface area (Å²) < 4.78 is 12.3. The van der Waals surface area contributed by atoms with Gasteiger partial charge in [-0.1, -0.05) is 35.9 Å². The molecular formula is C15H16ClNOS. The third-order valence-electron chi connectivity index (χ3n) is 2.99. The van der Waals surface area contributed by atoms with Crippen LogP contribution < -0.4 is 5.73 Å². The van der Waals surface area contributed by atoms with Crippen LogP contribution in [0.1, 0.15) is 16.7 Å². The van der Waals surface area contributed by atoms with Gasteiger partial charge in [0.2, 0.25) is 0 Å². The van der Waals surface area contributed by atoms with Gasteiger partial charge in [-0.15, -0.1) is 0 Å². The maximum absolute atomic E-state index is 12.3. The van der Waals surface area contributed by atoms with Gasteiger partial charge in [-0.2, -0.15) is 0 Å². The largest absolute Gasteiger partial charge is 0.326 e. The zero-order chi connectivity index (χ0) is 13.8. The fourth-order valence-corrected chi connectivity index (χ4v) is 3.40. The van der Waals surface area contributed by atoms with Crippen LogP contribution in [0.3, 0.4) is 0 Å². The fourth-order valence-electron chi connectivity index (χ4n) is 1.88. The second-order valence-corrected chi connectivity index (χ2v) is 6.30. The number of nitrogens with two attached hydrogens (primary N) is 1. The summed E-state index contributed by atoms with van der Waals surface area (Å²) in [6.45, 7) is 2.54. The van der Waals surface area contributed by atoms with E-state index < -0.39 is 10.8 Å². The van der Waals surface area contributed by atoms with Crippen molar-refractivity contribution in [2.75, 3.05) is 0 Å². The van der Waals surface area contributed by atoms with E-state index in [0.717, 1.165) is 21.6 Å². The summed E-state index contributed by atoms with van der Waals surface area (Å²) in [5.74, 6) is 0.497. The first-order valence-corrected chi connectivity index (χ1v) is 7.72. The van der Waals surface area contributed by atoms with E-state index in [1.165, 1.54) is 0 Å². The van der Waals surface area contributed by atoms with Gasteiger partial charge in [-0.05, 0) is 41.8 Å². The number of hydrogen-bond acceptors (Lipinski definition) is 2. The molecule has 0 aromatic heterocycles. The van der Waals surface area contributed by atoms with Crippen LogP contribution >= 0.6 is 11.6 Å². The molecule has 0 saturated carbocycles. The van der Waals surface area contributed by atoms with E-state index in [0.29, 0.717) is 17.3 Å². The molecule has 0 heterocycles. The summed E-state index contributed by atoms with van der Waals surface area (Å²) in [5, 5.41) is 0.612. The molecule has 1 unspecified atom stereocenters. The number of halogens is 1. The van der Waals surface area contributed by atoms with Crippen molar-refractivity contribution in [3.63, 3.8) is 0 Å². The molecule has 2 aromatic carbocycles. The van der Waals surface area contributed by atoms with Crippen LogP contribution in [0.2, 0.25) is 5.02 Å². The fraction of sp³-hybridized carbons (Fsp3) is 0.200. The van der Waals surface area contributed by atoms with Gasteiger partial charge in [0.25, 0.3) is 0 Å². The number of hydrogen-bond donors (Lipinski definition) is 1. The zero-order valence-electron chi connectivity index (χ0n) is 10.7. The van der Waals surface area contributed by atoms with E-state index in [1.54, 1.807) is 12.1 Å². The molecule has 0 aliphatic carbocycles. The van der Waals surface area contributed by atoms with Crippen molar-refractivity contribution in [1.82, 2.24) is 0 Å². The lowest BCUT2D eigenvalue weighted by molar-refractivity contribution is 0.682. The Morgan fingerprint density at radius 2 is 2.00 bits per heavy atom. The second kappa shape index (κ2) is 6.33. The molecule has 0 fully saturated rings. The monoisotopic (exact) mass is 293 g/mol. The Labute approximate surface area is 121 Å². The van der Waals surface area contributed by atoms with Gasteiger partial charge < -0.3 is 5.73 Å². The van der Waals surface area contributed by atoms with Crippen LogP contribution in [0.15, 0.2) is 47.4 Å². The third-order valence-corrected chi connectivity index (χ3v) is 4.58. The summed E-state index contributed by atoms with van der Waals surface area (Å²) in [6, 6.07) is 13.2. The van der Waals surface area contributed by atoms with Crippen LogP contribution in [0.25, 0.3) is 0 Å². The molecule has 0 aliphatic heterocycles. The molecule has 2 aromatic rings. The third kappa shape index (κ3) is 3.66. The van der Waals surface area contributed by atoms with Gasteiger partial charge in [0.15, 0.2) is 0 Å².